The normalized spacial score (nSPS) is 16.5. The van der Waals surface area contributed by atoms with Crippen molar-refractivity contribution in [2.24, 2.45) is 0 Å². The third kappa shape index (κ3) is 5.12. The standard InChI is InChI=1S/C23H32N4OS/c1-5-25(6-2)20-9-7-19(8-10-20)24-23(29)26-15-16-27(18(3)17-26)21-11-13-22(28-4)14-12-21/h7-14,18H,5-6,15-17H2,1-4H3,(H,24,29). The minimum absolute atomic E-state index is 0.377. The molecule has 1 aliphatic heterocycles. The average molecular weight is 413 g/mol. The zero-order valence-corrected chi connectivity index (χ0v) is 18.7. The fraction of sp³-hybridized carbons (Fsp3) is 0.435. The molecule has 1 unspecified atom stereocenters. The summed E-state index contributed by atoms with van der Waals surface area (Å²) in [6.07, 6.45) is 0. The molecule has 1 N–H and O–H groups in total. The maximum atomic E-state index is 5.70. The molecule has 0 aromatic heterocycles. The Morgan fingerprint density at radius 3 is 2.28 bits per heavy atom. The van der Waals surface area contributed by atoms with E-state index in [1.807, 2.05) is 12.1 Å². The number of hydrogen-bond acceptors (Lipinski definition) is 4. The monoisotopic (exact) mass is 412 g/mol. The summed E-state index contributed by atoms with van der Waals surface area (Å²) in [5, 5.41) is 4.20. The van der Waals surface area contributed by atoms with E-state index in [1.54, 1.807) is 7.11 Å². The molecule has 5 nitrogen and oxygen atoms in total. The zero-order chi connectivity index (χ0) is 20.8. The molecule has 1 aliphatic rings. The predicted molar refractivity (Wildman–Crippen MR) is 128 cm³/mol. The molecule has 0 saturated carbocycles. The van der Waals surface area contributed by atoms with Crippen LogP contribution < -0.4 is 19.9 Å². The second kappa shape index (κ2) is 9.83. The highest BCUT2D eigenvalue weighted by molar-refractivity contribution is 7.80. The van der Waals surface area contributed by atoms with Gasteiger partial charge in [-0.3, -0.25) is 0 Å². The van der Waals surface area contributed by atoms with Crippen LogP contribution in [0.4, 0.5) is 17.1 Å². The van der Waals surface area contributed by atoms with E-state index in [9.17, 15) is 0 Å². The number of benzene rings is 2. The molecule has 1 atom stereocenters. The van der Waals surface area contributed by atoms with E-state index in [1.165, 1.54) is 11.4 Å². The second-order valence-corrected chi connectivity index (χ2v) is 7.72. The van der Waals surface area contributed by atoms with Crippen molar-refractivity contribution < 1.29 is 4.74 Å². The maximum absolute atomic E-state index is 5.70. The van der Waals surface area contributed by atoms with Crippen molar-refractivity contribution in [1.82, 2.24) is 4.90 Å². The molecule has 156 valence electrons. The van der Waals surface area contributed by atoms with Crippen molar-refractivity contribution in [1.29, 1.82) is 0 Å². The topological polar surface area (TPSA) is 31.0 Å². The summed E-state index contributed by atoms with van der Waals surface area (Å²) >= 11 is 5.70. The fourth-order valence-electron chi connectivity index (χ4n) is 3.85. The quantitative estimate of drug-likeness (QED) is 0.706. The molecule has 0 aliphatic carbocycles. The maximum Gasteiger partial charge on any atom is 0.173 e. The van der Waals surface area contributed by atoms with Gasteiger partial charge in [-0.15, -0.1) is 0 Å². The Bertz CT molecular complexity index is 790. The van der Waals surface area contributed by atoms with E-state index >= 15 is 0 Å². The fourth-order valence-corrected chi connectivity index (χ4v) is 4.13. The SMILES string of the molecule is CCN(CC)c1ccc(NC(=S)N2CCN(c3ccc(OC)cc3)C(C)C2)cc1. The van der Waals surface area contributed by atoms with Crippen LogP contribution in [-0.4, -0.2) is 55.9 Å². The van der Waals surface area contributed by atoms with Crippen molar-refractivity contribution in [2.45, 2.75) is 26.8 Å². The number of anilines is 3. The van der Waals surface area contributed by atoms with Gasteiger partial charge in [-0.1, -0.05) is 0 Å². The first-order valence-corrected chi connectivity index (χ1v) is 10.8. The molecule has 0 radical (unpaired) electrons. The first-order valence-electron chi connectivity index (χ1n) is 10.4. The molecule has 1 saturated heterocycles. The molecular formula is C23H32N4OS. The van der Waals surface area contributed by atoms with Crippen molar-refractivity contribution in [3.8, 4) is 5.75 Å². The number of ether oxygens (including phenoxy) is 1. The molecular weight excluding hydrogens is 380 g/mol. The molecule has 6 heteroatoms. The molecule has 29 heavy (non-hydrogen) atoms. The molecule has 2 aromatic rings. The van der Waals surface area contributed by atoms with E-state index < -0.39 is 0 Å². The number of thiocarbonyl (C=S) groups is 1. The lowest BCUT2D eigenvalue weighted by Gasteiger charge is -2.42. The predicted octanol–water partition coefficient (Wildman–Crippen LogP) is 4.45. The molecule has 0 amide bonds. The third-order valence-electron chi connectivity index (χ3n) is 5.57. The van der Waals surface area contributed by atoms with Crippen LogP contribution in [0, 0.1) is 0 Å². The van der Waals surface area contributed by atoms with Crippen LogP contribution in [0.5, 0.6) is 5.75 Å². The van der Waals surface area contributed by atoms with Gasteiger partial charge < -0.3 is 24.8 Å². The summed E-state index contributed by atoms with van der Waals surface area (Å²) in [4.78, 5) is 7.03. The second-order valence-electron chi connectivity index (χ2n) is 7.34. The van der Waals surface area contributed by atoms with Gasteiger partial charge in [0, 0.05) is 55.8 Å². The molecule has 1 heterocycles. The van der Waals surface area contributed by atoms with Crippen LogP contribution in [0.2, 0.25) is 0 Å². The van der Waals surface area contributed by atoms with Crippen molar-refractivity contribution in [3.63, 3.8) is 0 Å². The first-order chi connectivity index (χ1) is 14.0. The van der Waals surface area contributed by atoms with E-state index in [2.05, 4.69) is 77.2 Å². The molecule has 2 aromatic carbocycles. The Morgan fingerprint density at radius 1 is 1.07 bits per heavy atom. The van der Waals surface area contributed by atoms with Gasteiger partial charge in [0.2, 0.25) is 0 Å². The summed E-state index contributed by atoms with van der Waals surface area (Å²) in [6.45, 7) is 11.4. The zero-order valence-electron chi connectivity index (χ0n) is 17.9. The Morgan fingerprint density at radius 2 is 1.72 bits per heavy atom. The van der Waals surface area contributed by atoms with Gasteiger partial charge in [-0.25, -0.2) is 0 Å². The minimum atomic E-state index is 0.377. The largest absolute Gasteiger partial charge is 0.497 e. The van der Waals surface area contributed by atoms with Crippen LogP contribution in [0.15, 0.2) is 48.5 Å². The van der Waals surface area contributed by atoms with Gasteiger partial charge >= 0.3 is 0 Å². The van der Waals surface area contributed by atoms with Crippen molar-refractivity contribution in [2.75, 3.05) is 55.0 Å². The summed E-state index contributed by atoms with van der Waals surface area (Å²) < 4.78 is 5.27. The van der Waals surface area contributed by atoms with E-state index in [0.29, 0.717) is 6.04 Å². The number of piperazine rings is 1. The lowest BCUT2D eigenvalue weighted by Crippen LogP contribution is -2.54. The van der Waals surface area contributed by atoms with Gasteiger partial charge in [-0.2, -0.15) is 0 Å². The number of rotatable bonds is 6. The molecule has 0 spiro atoms. The number of methoxy groups -OCH3 is 1. The molecule has 3 rings (SSSR count). The number of hydrogen-bond donors (Lipinski definition) is 1. The minimum Gasteiger partial charge on any atom is -0.497 e. The van der Waals surface area contributed by atoms with Crippen LogP contribution in [0.25, 0.3) is 0 Å². The number of nitrogens with zero attached hydrogens (tertiary/aromatic N) is 3. The molecule has 0 bridgehead atoms. The Balaban J connectivity index is 1.57. The van der Waals surface area contributed by atoms with E-state index in [4.69, 9.17) is 17.0 Å². The smallest absolute Gasteiger partial charge is 0.173 e. The summed E-state index contributed by atoms with van der Waals surface area (Å²) in [5.74, 6) is 0.887. The van der Waals surface area contributed by atoms with E-state index in [-0.39, 0.29) is 0 Å². The summed E-state index contributed by atoms with van der Waals surface area (Å²) in [7, 11) is 1.70. The lowest BCUT2D eigenvalue weighted by atomic mass is 10.1. The van der Waals surface area contributed by atoms with Gasteiger partial charge in [0.1, 0.15) is 5.75 Å². The van der Waals surface area contributed by atoms with Gasteiger partial charge in [0.15, 0.2) is 5.11 Å². The van der Waals surface area contributed by atoms with Crippen LogP contribution in [0.1, 0.15) is 20.8 Å². The highest BCUT2D eigenvalue weighted by Gasteiger charge is 2.25. The van der Waals surface area contributed by atoms with Crippen LogP contribution >= 0.6 is 12.2 Å². The van der Waals surface area contributed by atoms with Gasteiger partial charge in [0.25, 0.3) is 0 Å². The Labute approximate surface area is 180 Å². The third-order valence-corrected chi connectivity index (χ3v) is 5.93. The average Bonchev–Trinajstić information content (AvgIpc) is 2.76. The van der Waals surface area contributed by atoms with Crippen LogP contribution in [0.3, 0.4) is 0 Å². The first kappa shape index (κ1) is 21.2. The van der Waals surface area contributed by atoms with E-state index in [0.717, 1.165) is 49.3 Å². The van der Waals surface area contributed by atoms with Gasteiger partial charge in [-0.05, 0) is 81.5 Å². The van der Waals surface area contributed by atoms with Crippen molar-refractivity contribution in [3.05, 3.63) is 48.5 Å². The summed E-state index contributed by atoms with van der Waals surface area (Å²) in [6, 6.07) is 17.2. The summed E-state index contributed by atoms with van der Waals surface area (Å²) in [5.41, 5.74) is 3.51. The Kier molecular flexibility index (Phi) is 7.20. The number of nitrogens with one attached hydrogen (secondary N) is 1. The highest BCUT2D eigenvalue weighted by atomic mass is 32.1. The molecule has 1 fully saturated rings. The van der Waals surface area contributed by atoms with Gasteiger partial charge in [0.05, 0.1) is 7.11 Å². The lowest BCUT2D eigenvalue weighted by molar-refractivity contribution is 0.342. The Hall–Kier alpha value is -2.47. The highest BCUT2D eigenvalue weighted by Crippen LogP contribution is 2.24. The van der Waals surface area contributed by atoms with Crippen molar-refractivity contribution >= 4 is 34.4 Å². The van der Waals surface area contributed by atoms with Crippen LogP contribution in [-0.2, 0) is 0 Å².